The molecule has 0 aromatic heterocycles. The lowest BCUT2D eigenvalue weighted by molar-refractivity contribution is 0.108. The number of hydrogen-bond acceptors (Lipinski definition) is 3. The molecule has 0 radical (unpaired) electrons. The summed E-state index contributed by atoms with van der Waals surface area (Å²) in [6, 6.07) is 8.51. The largest absolute Gasteiger partial charge is 0.508 e. The molecule has 1 aromatic rings. The van der Waals surface area contributed by atoms with E-state index >= 15 is 0 Å². The van der Waals surface area contributed by atoms with Crippen LogP contribution in [0.15, 0.2) is 24.3 Å². The zero-order valence-electron chi connectivity index (χ0n) is 9.98. The average Bonchev–Trinajstić information content (AvgIpc) is 2.23. The van der Waals surface area contributed by atoms with Crippen LogP contribution in [0.4, 0.5) is 0 Å². The van der Waals surface area contributed by atoms with Crippen molar-refractivity contribution in [1.29, 1.82) is 0 Å². The Kier molecular flexibility index (Phi) is 3.46. The molecule has 3 nitrogen and oxygen atoms in total. The summed E-state index contributed by atoms with van der Waals surface area (Å²) in [6.07, 6.45) is 0. The SMILES string of the molecule is CCN(C1CNC1)C(C)c1ccccc1O. The van der Waals surface area contributed by atoms with E-state index in [0.29, 0.717) is 11.8 Å². The van der Waals surface area contributed by atoms with E-state index in [1.807, 2.05) is 18.2 Å². The first-order valence-electron chi connectivity index (χ1n) is 5.98. The second kappa shape index (κ2) is 4.85. The highest BCUT2D eigenvalue weighted by Crippen LogP contribution is 2.29. The molecule has 1 atom stereocenters. The maximum absolute atomic E-state index is 9.86. The Morgan fingerprint density at radius 2 is 2.12 bits per heavy atom. The van der Waals surface area contributed by atoms with E-state index in [2.05, 4.69) is 24.1 Å². The maximum Gasteiger partial charge on any atom is 0.120 e. The molecular weight excluding hydrogens is 200 g/mol. The molecule has 1 heterocycles. The van der Waals surface area contributed by atoms with Gasteiger partial charge in [-0.3, -0.25) is 4.90 Å². The van der Waals surface area contributed by atoms with Crippen molar-refractivity contribution in [2.75, 3.05) is 19.6 Å². The Morgan fingerprint density at radius 3 is 2.62 bits per heavy atom. The van der Waals surface area contributed by atoms with Crippen molar-refractivity contribution in [3.05, 3.63) is 29.8 Å². The molecule has 1 aromatic carbocycles. The van der Waals surface area contributed by atoms with Crippen LogP contribution >= 0.6 is 0 Å². The van der Waals surface area contributed by atoms with E-state index in [-0.39, 0.29) is 6.04 Å². The third-order valence-corrected chi connectivity index (χ3v) is 3.48. The second-order valence-corrected chi connectivity index (χ2v) is 4.38. The van der Waals surface area contributed by atoms with Crippen LogP contribution in [-0.4, -0.2) is 35.7 Å². The highest BCUT2D eigenvalue weighted by Gasteiger charge is 2.28. The predicted octanol–water partition coefficient (Wildman–Crippen LogP) is 1.75. The van der Waals surface area contributed by atoms with Crippen molar-refractivity contribution in [3.8, 4) is 5.75 Å². The summed E-state index contributed by atoms with van der Waals surface area (Å²) >= 11 is 0. The summed E-state index contributed by atoms with van der Waals surface area (Å²) in [5, 5.41) is 13.1. The van der Waals surface area contributed by atoms with Crippen LogP contribution in [0, 0.1) is 0 Å². The number of phenols is 1. The second-order valence-electron chi connectivity index (χ2n) is 4.38. The van der Waals surface area contributed by atoms with Crippen LogP contribution in [-0.2, 0) is 0 Å². The smallest absolute Gasteiger partial charge is 0.120 e. The molecule has 0 aliphatic carbocycles. The Hall–Kier alpha value is -1.06. The molecule has 1 saturated heterocycles. The first kappa shape index (κ1) is 11.4. The van der Waals surface area contributed by atoms with Crippen molar-refractivity contribution in [1.82, 2.24) is 10.2 Å². The molecule has 3 heteroatoms. The van der Waals surface area contributed by atoms with Gasteiger partial charge >= 0.3 is 0 Å². The number of phenolic OH excluding ortho intramolecular Hbond substituents is 1. The van der Waals surface area contributed by atoms with Gasteiger partial charge in [0, 0.05) is 30.7 Å². The van der Waals surface area contributed by atoms with E-state index in [1.165, 1.54) is 0 Å². The molecule has 1 unspecified atom stereocenters. The van der Waals surface area contributed by atoms with Crippen LogP contribution < -0.4 is 5.32 Å². The van der Waals surface area contributed by atoms with E-state index in [9.17, 15) is 5.11 Å². The standard InChI is InChI=1S/C13H20N2O/c1-3-15(11-8-14-9-11)10(2)12-6-4-5-7-13(12)16/h4-7,10-11,14,16H,3,8-9H2,1-2H3. The molecule has 16 heavy (non-hydrogen) atoms. The third kappa shape index (κ3) is 2.06. The zero-order chi connectivity index (χ0) is 11.5. The number of para-hydroxylation sites is 1. The lowest BCUT2D eigenvalue weighted by Gasteiger charge is -2.41. The highest BCUT2D eigenvalue weighted by molar-refractivity contribution is 5.34. The van der Waals surface area contributed by atoms with Gasteiger partial charge in [0.25, 0.3) is 0 Å². The van der Waals surface area contributed by atoms with Gasteiger partial charge in [0.05, 0.1) is 0 Å². The molecular formula is C13H20N2O. The van der Waals surface area contributed by atoms with E-state index in [1.54, 1.807) is 6.07 Å². The first-order valence-corrected chi connectivity index (χ1v) is 5.98. The van der Waals surface area contributed by atoms with Crippen LogP contribution in [0.3, 0.4) is 0 Å². The first-order chi connectivity index (χ1) is 7.74. The minimum Gasteiger partial charge on any atom is -0.508 e. The van der Waals surface area contributed by atoms with Gasteiger partial charge < -0.3 is 10.4 Å². The van der Waals surface area contributed by atoms with Crippen molar-refractivity contribution in [2.45, 2.75) is 25.9 Å². The normalized spacial score (nSPS) is 18.4. The summed E-state index contributed by atoms with van der Waals surface area (Å²) in [5.41, 5.74) is 1.02. The van der Waals surface area contributed by atoms with Crippen molar-refractivity contribution in [2.24, 2.45) is 0 Å². The fourth-order valence-corrected chi connectivity index (χ4v) is 2.38. The van der Waals surface area contributed by atoms with Gasteiger partial charge in [0.2, 0.25) is 0 Å². The number of nitrogens with zero attached hydrogens (tertiary/aromatic N) is 1. The topological polar surface area (TPSA) is 35.5 Å². The monoisotopic (exact) mass is 220 g/mol. The molecule has 1 aliphatic heterocycles. The van der Waals surface area contributed by atoms with Crippen molar-refractivity contribution < 1.29 is 5.11 Å². The zero-order valence-corrected chi connectivity index (χ0v) is 9.98. The minimum atomic E-state index is 0.276. The molecule has 0 bridgehead atoms. The Morgan fingerprint density at radius 1 is 1.44 bits per heavy atom. The van der Waals surface area contributed by atoms with Gasteiger partial charge in [-0.1, -0.05) is 25.1 Å². The molecule has 0 spiro atoms. The van der Waals surface area contributed by atoms with Gasteiger partial charge in [-0.25, -0.2) is 0 Å². The quantitative estimate of drug-likeness (QED) is 0.811. The van der Waals surface area contributed by atoms with Gasteiger partial charge in [-0.2, -0.15) is 0 Å². The van der Waals surface area contributed by atoms with Crippen LogP contribution in [0.2, 0.25) is 0 Å². The number of aromatic hydroxyl groups is 1. The highest BCUT2D eigenvalue weighted by atomic mass is 16.3. The lowest BCUT2D eigenvalue weighted by atomic mass is 10.0. The van der Waals surface area contributed by atoms with Crippen LogP contribution in [0.5, 0.6) is 5.75 Å². The van der Waals surface area contributed by atoms with Crippen molar-refractivity contribution in [3.63, 3.8) is 0 Å². The summed E-state index contributed by atoms with van der Waals surface area (Å²) < 4.78 is 0. The molecule has 88 valence electrons. The molecule has 0 amide bonds. The average molecular weight is 220 g/mol. The fraction of sp³-hybridized carbons (Fsp3) is 0.538. The van der Waals surface area contributed by atoms with Gasteiger partial charge in [-0.15, -0.1) is 0 Å². The van der Waals surface area contributed by atoms with Gasteiger partial charge in [0.1, 0.15) is 5.75 Å². The molecule has 0 saturated carbocycles. The minimum absolute atomic E-state index is 0.276. The molecule has 2 N–H and O–H groups in total. The van der Waals surface area contributed by atoms with Crippen LogP contribution in [0.25, 0.3) is 0 Å². The summed E-state index contributed by atoms with van der Waals surface area (Å²) in [5.74, 6) is 0.403. The van der Waals surface area contributed by atoms with E-state index < -0.39 is 0 Å². The summed E-state index contributed by atoms with van der Waals surface area (Å²) in [6.45, 7) is 7.48. The third-order valence-electron chi connectivity index (χ3n) is 3.48. The lowest BCUT2D eigenvalue weighted by Crippen LogP contribution is -2.57. The summed E-state index contributed by atoms with van der Waals surface area (Å²) in [7, 11) is 0. The van der Waals surface area contributed by atoms with E-state index in [0.717, 1.165) is 25.2 Å². The number of nitrogens with one attached hydrogen (secondary N) is 1. The Balaban J connectivity index is 2.16. The number of likely N-dealkylation sites (N-methyl/N-ethyl adjacent to an activating group) is 1. The Bertz CT molecular complexity index is 350. The predicted molar refractivity (Wildman–Crippen MR) is 65.6 cm³/mol. The number of rotatable bonds is 4. The molecule has 1 aliphatic rings. The van der Waals surface area contributed by atoms with Gasteiger partial charge in [-0.05, 0) is 19.5 Å². The molecule has 1 fully saturated rings. The van der Waals surface area contributed by atoms with Crippen LogP contribution in [0.1, 0.15) is 25.5 Å². The van der Waals surface area contributed by atoms with E-state index in [4.69, 9.17) is 0 Å². The number of benzene rings is 1. The summed E-state index contributed by atoms with van der Waals surface area (Å²) in [4.78, 5) is 2.44. The number of hydrogen-bond donors (Lipinski definition) is 2. The van der Waals surface area contributed by atoms with Gasteiger partial charge in [0.15, 0.2) is 0 Å². The maximum atomic E-state index is 9.86. The molecule has 2 rings (SSSR count). The Labute approximate surface area is 97.1 Å². The fourth-order valence-electron chi connectivity index (χ4n) is 2.38. The van der Waals surface area contributed by atoms with Crippen molar-refractivity contribution >= 4 is 0 Å².